The third kappa shape index (κ3) is 3.34. The molecule has 2 aromatic heterocycles. The van der Waals surface area contributed by atoms with Gasteiger partial charge in [-0.05, 0) is 29.8 Å². The van der Waals surface area contributed by atoms with Crippen molar-refractivity contribution in [2.45, 2.75) is 12.3 Å². The van der Waals surface area contributed by atoms with E-state index in [4.69, 9.17) is 16.3 Å². The second kappa shape index (κ2) is 6.94. The summed E-state index contributed by atoms with van der Waals surface area (Å²) in [6, 6.07) is 11.7. The van der Waals surface area contributed by atoms with Gasteiger partial charge in [0.15, 0.2) is 0 Å². The Morgan fingerprint density at radius 2 is 2.00 bits per heavy atom. The number of hydrogen-bond acceptors (Lipinski definition) is 5. The fourth-order valence-electron chi connectivity index (χ4n) is 2.73. The summed E-state index contributed by atoms with van der Waals surface area (Å²) >= 11 is 5.92. The maximum absolute atomic E-state index is 12.9. The van der Waals surface area contributed by atoms with Crippen LogP contribution in [-0.4, -0.2) is 27.6 Å². The zero-order chi connectivity index (χ0) is 18.0. The summed E-state index contributed by atoms with van der Waals surface area (Å²) in [7, 11) is 1.27. The van der Waals surface area contributed by atoms with Gasteiger partial charge in [0.1, 0.15) is 5.65 Å². The molecule has 0 bridgehead atoms. The average molecular weight is 359 g/mol. The summed E-state index contributed by atoms with van der Waals surface area (Å²) in [6.45, 7) is 0. The molecule has 0 fully saturated rings. The Labute approximate surface area is 148 Å². The van der Waals surface area contributed by atoms with E-state index in [2.05, 4.69) is 4.98 Å². The fourth-order valence-corrected chi connectivity index (χ4v) is 2.85. The molecule has 1 N–H and O–H groups in total. The Morgan fingerprint density at radius 1 is 1.28 bits per heavy atom. The first-order valence-electron chi connectivity index (χ1n) is 7.54. The Bertz CT molecular complexity index is 983. The van der Waals surface area contributed by atoms with Crippen LogP contribution in [0, 0.1) is 0 Å². The van der Waals surface area contributed by atoms with E-state index in [1.165, 1.54) is 11.5 Å². The molecule has 0 radical (unpaired) electrons. The van der Waals surface area contributed by atoms with Crippen LogP contribution in [0.2, 0.25) is 5.02 Å². The highest BCUT2D eigenvalue weighted by atomic mass is 35.5. The lowest BCUT2D eigenvalue weighted by Gasteiger charge is -2.17. The van der Waals surface area contributed by atoms with Gasteiger partial charge in [-0.15, -0.1) is 0 Å². The highest BCUT2D eigenvalue weighted by molar-refractivity contribution is 6.30. The molecule has 1 atom stereocenters. The van der Waals surface area contributed by atoms with Crippen molar-refractivity contribution in [3.63, 3.8) is 0 Å². The summed E-state index contributed by atoms with van der Waals surface area (Å²) in [5, 5.41) is 10.9. The number of pyridine rings is 1. The van der Waals surface area contributed by atoms with E-state index >= 15 is 0 Å². The van der Waals surface area contributed by atoms with Crippen molar-refractivity contribution in [2.24, 2.45) is 0 Å². The van der Waals surface area contributed by atoms with Crippen LogP contribution in [0.15, 0.2) is 53.5 Å². The largest absolute Gasteiger partial charge is 0.493 e. The van der Waals surface area contributed by atoms with Gasteiger partial charge in [0.2, 0.25) is 5.88 Å². The van der Waals surface area contributed by atoms with Crippen LogP contribution >= 0.6 is 11.6 Å². The molecule has 0 saturated carbocycles. The first-order valence-corrected chi connectivity index (χ1v) is 7.91. The predicted octanol–water partition coefficient (Wildman–Crippen LogP) is 2.75. The minimum Gasteiger partial charge on any atom is -0.493 e. The lowest BCUT2D eigenvalue weighted by atomic mass is 9.89. The summed E-state index contributed by atoms with van der Waals surface area (Å²) in [5.41, 5.74) is 0.574. The van der Waals surface area contributed by atoms with Gasteiger partial charge < -0.3 is 9.84 Å². The number of hydrogen-bond donors (Lipinski definition) is 1. The van der Waals surface area contributed by atoms with Crippen molar-refractivity contribution >= 4 is 23.2 Å². The van der Waals surface area contributed by atoms with E-state index in [-0.39, 0.29) is 12.0 Å². The summed E-state index contributed by atoms with van der Waals surface area (Å²) in [5.74, 6) is -1.61. The number of ether oxygens (including phenoxy) is 1. The third-order valence-corrected chi connectivity index (χ3v) is 4.22. The first kappa shape index (κ1) is 17.0. The van der Waals surface area contributed by atoms with Crippen LogP contribution < -0.4 is 5.56 Å². The van der Waals surface area contributed by atoms with Gasteiger partial charge in [-0.3, -0.25) is 14.0 Å². The maximum atomic E-state index is 12.9. The molecule has 3 rings (SSSR count). The van der Waals surface area contributed by atoms with Gasteiger partial charge in [0.05, 0.1) is 19.1 Å². The summed E-state index contributed by atoms with van der Waals surface area (Å²) in [6.07, 6.45) is 1.45. The van der Waals surface area contributed by atoms with E-state index < -0.39 is 23.3 Å². The third-order valence-electron chi connectivity index (χ3n) is 3.97. The summed E-state index contributed by atoms with van der Waals surface area (Å²) < 4.78 is 6.07. The highest BCUT2D eigenvalue weighted by Gasteiger charge is 2.26. The summed E-state index contributed by atoms with van der Waals surface area (Å²) in [4.78, 5) is 28.8. The zero-order valence-electron chi connectivity index (χ0n) is 13.3. The Hall–Kier alpha value is -2.86. The molecule has 0 aliphatic rings. The quantitative estimate of drug-likeness (QED) is 0.725. The van der Waals surface area contributed by atoms with E-state index in [1.54, 1.807) is 48.7 Å². The van der Waals surface area contributed by atoms with Crippen molar-refractivity contribution in [1.29, 1.82) is 0 Å². The zero-order valence-corrected chi connectivity index (χ0v) is 14.1. The van der Waals surface area contributed by atoms with Gasteiger partial charge in [0, 0.05) is 17.1 Å². The average Bonchev–Trinajstić information content (AvgIpc) is 2.61. The fraction of sp³-hybridized carbons (Fsp3) is 0.167. The maximum Gasteiger partial charge on any atom is 0.306 e. The number of aromatic hydroxyl groups is 1. The highest BCUT2D eigenvalue weighted by Crippen LogP contribution is 2.31. The number of esters is 1. The first-order chi connectivity index (χ1) is 12.0. The molecule has 128 valence electrons. The molecular weight excluding hydrogens is 344 g/mol. The second-order valence-electron chi connectivity index (χ2n) is 5.47. The molecule has 3 aromatic rings. The van der Waals surface area contributed by atoms with Crippen molar-refractivity contribution < 1.29 is 14.6 Å². The number of aromatic nitrogens is 2. The normalized spacial score (nSPS) is 12.1. The van der Waals surface area contributed by atoms with Gasteiger partial charge in [-0.25, -0.2) is 0 Å². The van der Waals surface area contributed by atoms with Crippen LogP contribution in [0.1, 0.15) is 23.5 Å². The standard InChI is InChI=1S/C18H15ClN2O4/c1-25-15(22)10-13(11-5-7-12(19)8-6-11)16-17(23)20-14-4-2-3-9-21(14)18(16)24/h2-9,13,23H,10H2,1H3/t13-/m1/s1. The molecule has 0 saturated heterocycles. The van der Waals surface area contributed by atoms with Crippen LogP contribution in [0.5, 0.6) is 5.88 Å². The van der Waals surface area contributed by atoms with E-state index in [0.29, 0.717) is 16.2 Å². The monoisotopic (exact) mass is 358 g/mol. The van der Waals surface area contributed by atoms with E-state index in [9.17, 15) is 14.7 Å². The van der Waals surface area contributed by atoms with Crippen molar-refractivity contribution in [3.05, 3.63) is 75.2 Å². The van der Waals surface area contributed by atoms with Crippen LogP contribution in [0.25, 0.3) is 5.65 Å². The number of fused-ring (bicyclic) bond motifs is 1. The molecule has 6 nitrogen and oxygen atoms in total. The van der Waals surface area contributed by atoms with Crippen LogP contribution in [-0.2, 0) is 9.53 Å². The number of rotatable bonds is 4. The molecule has 0 aliphatic carbocycles. The topological polar surface area (TPSA) is 80.9 Å². The lowest BCUT2D eigenvalue weighted by molar-refractivity contribution is -0.140. The predicted molar refractivity (Wildman–Crippen MR) is 93.1 cm³/mol. The van der Waals surface area contributed by atoms with E-state index in [0.717, 1.165) is 0 Å². The number of halogens is 1. The smallest absolute Gasteiger partial charge is 0.306 e. The molecule has 0 amide bonds. The molecule has 0 spiro atoms. The van der Waals surface area contributed by atoms with E-state index in [1.807, 2.05) is 0 Å². The molecule has 1 aromatic carbocycles. The van der Waals surface area contributed by atoms with Crippen LogP contribution in [0.3, 0.4) is 0 Å². The Kier molecular flexibility index (Phi) is 4.72. The lowest BCUT2D eigenvalue weighted by Crippen LogP contribution is -2.24. The second-order valence-corrected chi connectivity index (χ2v) is 5.90. The SMILES string of the molecule is COC(=O)C[C@H](c1ccc(Cl)cc1)c1c(O)nc2ccccn2c1=O. The molecule has 0 aliphatic heterocycles. The van der Waals surface area contributed by atoms with Gasteiger partial charge in [-0.1, -0.05) is 29.8 Å². The molecule has 2 heterocycles. The van der Waals surface area contributed by atoms with Crippen molar-refractivity contribution in [3.8, 4) is 5.88 Å². The van der Waals surface area contributed by atoms with Gasteiger partial charge in [-0.2, -0.15) is 4.98 Å². The number of carbonyl (C=O) groups excluding carboxylic acids is 1. The van der Waals surface area contributed by atoms with Crippen molar-refractivity contribution in [1.82, 2.24) is 9.38 Å². The van der Waals surface area contributed by atoms with Crippen LogP contribution in [0.4, 0.5) is 0 Å². The molecule has 0 unspecified atom stereocenters. The minimum absolute atomic E-state index is 0.0384. The molecule has 7 heteroatoms. The van der Waals surface area contributed by atoms with Gasteiger partial charge >= 0.3 is 5.97 Å². The number of methoxy groups -OCH3 is 1. The number of carbonyl (C=O) groups is 1. The molecule has 25 heavy (non-hydrogen) atoms. The number of nitrogens with zero attached hydrogens (tertiary/aromatic N) is 2. The number of benzene rings is 1. The van der Waals surface area contributed by atoms with Crippen molar-refractivity contribution in [2.75, 3.05) is 7.11 Å². The Balaban J connectivity index is 2.22. The molecular formula is C18H15ClN2O4. The minimum atomic E-state index is -0.707. The van der Waals surface area contributed by atoms with Gasteiger partial charge in [0.25, 0.3) is 5.56 Å². The Morgan fingerprint density at radius 3 is 2.68 bits per heavy atom.